The van der Waals surface area contributed by atoms with Crippen LogP contribution in [0.2, 0.25) is 0 Å². The Morgan fingerprint density at radius 1 is 1.31 bits per heavy atom. The fraction of sp³-hybridized carbons (Fsp3) is 0.364. The molecular weight excluding hydrogens is 386 g/mol. The maximum Gasteiger partial charge on any atom is 0.253 e. The van der Waals surface area contributed by atoms with Crippen LogP contribution in [0, 0.1) is 6.92 Å². The Morgan fingerprint density at radius 3 is 2.97 bits per heavy atom. The maximum atomic E-state index is 12.7. The zero-order valence-electron chi connectivity index (χ0n) is 16.4. The van der Waals surface area contributed by atoms with Crippen molar-refractivity contribution in [2.24, 2.45) is 0 Å². The number of aromatic amines is 1. The number of ether oxygens (including phenoxy) is 1. The van der Waals surface area contributed by atoms with E-state index in [9.17, 15) is 4.79 Å². The highest BCUT2D eigenvalue weighted by molar-refractivity contribution is 7.80. The SMILES string of the molecule is Cc1cccc2cc(CN(Cc3ccco3)C(=S)NC[C@@H]3CCCO3)c(=O)[nH]c12. The lowest BCUT2D eigenvalue weighted by molar-refractivity contribution is 0.113. The summed E-state index contributed by atoms with van der Waals surface area (Å²) >= 11 is 5.65. The highest BCUT2D eigenvalue weighted by atomic mass is 32.1. The van der Waals surface area contributed by atoms with Crippen LogP contribution in [0.15, 0.2) is 51.9 Å². The summed E-state index contributed by atoms with van der Waals surface area (Å²) in [7, 11) is 0. The van der Waals surface area contributed by atoms with E-state index >= 15 is 0 Å². The topological polar surface area (TPSA) is 70.5 Å². The monoisotopic (exact) mass is 411 g/mol. The molecule has 1 aromatic carbocycles. The van der Waals surface area contributed by atoms with Gasteiger partial charge in [-0.25, -0.2) is 0 Å². The molecule has 0 amide bonds. The van der Waals surface area contributed by atoms with Crippen molar-refractivity contribution in [2.75, 3.05) is 13.2 Å². The fourth-order valence-electron chi connectivity index (χ4n) is 3.66. The van der Waals surface area contributed by atoms with E-state index in [-0.39, 0.29) is 11.7 Å². The standard InChI is InChI=1S/C22H25N3O3S/c1-15-5-2-6-16-11-17(21(26)24-20(15)16)13-25(14-19-8-4-10-28-19)22(29)23-12-18-7-3-9-27-18/h2,4-6,8,10-11,18H,3,7,9,12-14H2,1H3,(H,23,29)(H,24,26)/t18-/m0/s1. The lowest BCUT2D eigenvalue weighted by Gasteiger charge is -2.26. The number of thiocarbonyl (C=S) groups is 1. The molecule has 0 aliphatic carbocycles. The van der Waals surface area contributed by atoms with Gasteiger partial charge in [-0.1, -0.05) is 18.2 Å². The summed E-state index contributed by atoms with van der Waals surface area (Å²) < 4.78 is 11.2. The minimum Gasteiger partial charge on any atom is -0.467 e. The number of rotatable bonds is 6. The van der Waals surface area contributed by atoms with E-state index in [1.54, 1.807) is 6.26 Å². The molecule has 6 nitrogen and oxygen atoms in total. The van der Waals surface area contributed by atoms with Crippen LogP contribution >= 0.6 is 12.2 Å². The molecule has 2 N–H and O–H groups in total. The first kappa shape index (κ1) is 19.7. The summed E-state index contributed by atoms with van der Waals surface area (Å²) in [5.74, 6) is 0.791. The van der Waals surface area contributed by atoms with Crippen LogP contribution in [0.1, 0.15) is 29.7 Å². The molecule has 1 aliphatic rings. The minimum atomic E-state index is -0.0989. The molecule has 1 aliphatic heterocycles. The number of aryl methyl sites for hydroxylation is 1. The van der Waals surface area contributed by atoms with Crippen LogP contribution in [0.25, 0.3) is 10.9 Å². The largest absolute Gasteiger partial charge is 0.467 e. The van der Waals surface area contributed by atoms with Crippen LogP contribution in [-0.2, 0) is 17.8 Å². The Balaban J connectivity index is 1.55. The number of hydrogen-bond acceptors (Lipinski definition) is 4. The Labute approximate surface area is 174 Å². The van der Waals surface area contributed by atoms with Crippen molar-refractivity contribution in [3.8, 4) is 0 Å². The predicted octanol–water partition coefficient (Wildman–Crippen LogP) is 3.49. The summed E-state index contributed by atoms with van der Waals surface area (Å²) in [6.45, 7) is 4.33. The molecule has 152 valence electrons. The molecule has 0 unspecified atom stereocenters. The molecule has 3 aromatic rings. The number of furan rings is 1. The van der Waals surface area contributed by atoms with Gasteiger partial charge in [-0.05, 0) is 61.1 Å². The van der Waals surface area contributed by atoms with E-state index < -0.39 is 0 Å². The van der Waals surface area contributed by atoms with Crippen molar-refractivity contribution in [2.45, 2.75) is 39.0 Å². The summed E-state index contributed by atoms with van der Waals surface area (Å²) in [6.07, 6.45) is 3.95. The van der Waals surface area contributed by atoms with E-state index in [4.69, 9.17) is 21.4 Å². The molecule has 1 fully saturated rings. The summed E-state index contributed by atoms with van der Waals surface area (Å²) in [4.78, 5) is 17.7. The summed E-state index contributed by atoms with van der Waals surface area (Å²) in [6, 6.07) is 11.7. The Bertz CT molecular complexity index is 1040. The quantitative estimate of drug-likeness (QED) is 0.605. The maximum absolute atomic E-state index is 12.7. The number of pyridine rings is 1. The van der Waals surface area contributed by atoms with Crippen LogP contribution in [0.4, 0.5) is 0 Å². The molecule has 29 heavy (non-hydrogen) atoms. The van der Waals surface area contributed by atoms with Crippen molar-refractivity contribution in [3.63, 3.8) is 0 Å². The average molecular weight is 412 g/mol. The van der Waals surface area contributed by atoms with E-state index in [2.05, 4.69) is 10.3 Å². The molecule has 4 rings (SSSR count). The molecule has 1 saturated heterocycles. The van der Waals surface area contributed by atoms with Gasteiger partial charge in [-0.3, -0.25) is 4.79 Å². The Kier molecular flexibility index (Phi) is 5.97. The number of para-hydroxylation sites is 1. The fourth-order valence-corrected chi connectivity index (χ4v) is 3.87. The van der Waals surface area contributed by atoms with Crippen molar-refractivity contribution in [1.82, 2.24) is 15.2 Å². The van der Waals surface area contributed by atoms with Gasteiger partial charge in [0, 0.05) is 18.7 Å². The summed E-state index contributed by atoms with van der Waals surface area (Å²) in [5, 5.41) is 4.90. The van der Waals surface area contributed by atoms with Crippen LogP contribution < -0.4 is 10.9 Å². The number of fused-ring (bicyclic) bond motifs is 1. The molecule has 3 heterocycles. The second kappa shape index (κ2) is 8.80. The van der Waals surface area contributed by atoms with E-state index in [1.165, 1.54) is 0 Å². The van der Waals surface area contributed by atoms with Gasteiger partial charge in [0.2, 0.25) is 0 Å². The minimum absolute atomic E-state index is 0.0989. The van der Waals surface area contributed by atoms with Crippen LogP contribution in [0.3, 0.4) is 0 Å². The average Bonchev–Trinajstić information content (AvgIpc) is 3.41. The number of nitrogens with zero attached hydrogens (tertiary/aromatic N) is 1. The van der Waals surface area contributed by atoms with Gasteiger partial charge in [0.15, 0.2) is 5.11 Å². The van der Waals surface area contributed by atoms with E-state index in [1.807, 2.05) is 48.2 Å². The second-order valence-electron chi connectivity index (χ2n) is 7.42. The Hall–Kier alpha value is -2.64. The van der Waals surface area contributed by atoms with Gasteiger partial charge in [0.25, 0.3) is 5.56 Å². The number of H-pyrrole nitrogens is 1. The number of benzene rings is 1. The van der Waals surface area contributed by atoms with Gasteiger partial charge in [0.05, 0.1) is 31.0 Å². The first-order valence-corrected chi connectivity index (χ1v) is 10.3. The first-order valence-electron chi connectivity index (χ1n) is 9.88. The van der Waals surface area contributed by atoms with Crippen molar-refractivity contribution < 1.29 is 9.15 Å². The third-order valence-electron chi connectivity index (χ3n) is 5.25. The lowest BCUT2D eigenvalue weighted by Crippen LogP contribution is -2.42. The van der Waals surface area contributed by atoms with Crippen molar-refractivity contribution in [1.29, 1.82) is 0 Å². The molecule has 0 radical (unpaired) electrons. The highest BCUT2D eigenvalue weighted by Gasteiger charge is 2.19. The second-order valence-corrected chi connectivity index (χ2v) is 7.81. The Morgan fingerprint density at radius 2 is 2.21 bits per heavy atom. The van der Waals surface area contributed by atoms with Gasteiger partial charge in [-0.15, -0.1) is 0 Å². The molecular formula is C22H25N3O3S. The van der Waals surface area contributed by atoms with Crippen molar-refractivity contribution in [3.05, 3.63) is 69.9 Å². The van der Waals surface area contributed by atoms with E-state index in [0.29, 0.717) is 30.3 Å². The molecule has 0 bridgehead atoms. The normalized spacial score (nSPS) is 16.2. The van der Waals surface area contributed by atoms with Gasteiger partial charge in [-0.2, -0.15) is 0 Å². The van der Waals surface area contributed by atoms with Crippen LogP contribution in [-0.4, -0.2) is 34.3 Å². The zero-order chi connectivity index (χ0) is 20.2. The van der Waals surface area contributed by atoms with Gasteiger partial charge in [0.1, 0.15) is 5.76 Å². The number of aromatic nitrogens is 1. The molecule has 1 atom stereocenters. The zero-order valence-corrected chi connectivity index (χ0v) is 17.3. The molecule has 7 heteroatoms. The number of nitrogens with one attached hydrogen (secondary N) is 2. The lowest BCUT2D eigenvalue weighted by atomic mass is 10.1. The smallest absolute Gasteiger partial charge is 0.253 e. The van der Waals surface area contributed by atoms with E-state index in [0.717, 1.165) is 41.7 Å². The molecule has 2 aromatic heterocycles. The summed E-state index contributed by atoms with van der Waals surface area (Å²) in [5.41, 5.74) is 2.49. The molecule has 0 spiro atoms. The third kappa shape index (κ3) is 4.68. The van der Waals surface area contributed by atoms with Gasteiger partial charge >= 0.3 is 0 Å². The highest BCUT2D eigenvalue weighted by Crippen LogP contribution is 2.17. The predicted molar refractivity (Wildman–Crippen MR) is 117 cm³/mol. The first-order chi connectivity index (χ1) is 14.1. The van der Waals surface area contributed by atoms with Gasteiger partial charge < -0.3 is 24.4 Å². The van der Waals surface area contributed by atoms with Crippen molar-refractivity contribution >= 4 is 28.2 Å². The third-order valence-corrected chi connectivity index (χ3v) is 5.65. The molecule has 0 saturated carbocycles. The van der Waals surface area contributed by atoms with Crippen LogP contribution in [0.5, 0.6) is 0 Å². The number of hydrogen-bond donors (Lipinski definition) is 2.